The smallest absolute Gasteiger partial charge is 0.139 e. The highest BCUT2D eigenvalue weighted by Crippen LogP contribution is 2.27. The molecule has 3 aromatic rings. The normalized spacial score (nSPS) is 17.7. The van der Waals surface area contributed by atoms with E-state index in [9.17, 15) is 9.50 Å². The van der Waals surface area contributed by atoms with E-state index in [1.54, 1.807) is 35.0 Å². The van der Waals surface area contributed by atoms with Gasteiger partial charge in [-0.25, -0.2) is 9.37 Å². The van der Waals surface area contributed by atoms with Gasteiger partial charge in [-0.15, -0.1) is 0 Å². The van der Waals surface area contributed by atoms with E-state index >= 15 is 0 Å². The summed E-state index contributed by atoms with van der Waals surface area (Å²) in [6.45, 7) is 11.6. The van der Waals surface area contributed by atoms with Crippen molar-refractivity contribution < 1.29 is 9.50 Å². The van der Waals surface area contributed by atoms with Crippen LogP contribution in [0.25, 0.3) is 5.65 Å². The number of fused-ring (bicyclic) bond motifs is 1. The molecule has 2 N–H and O–H groups in total. The Balaban J connectivity index is 1.34. The van der Waals surface area contributed by atoms with Crippen molar-refractivity contribution in [3.8, 4) is 0 Å². The zero-order valence-corrected chi connectivity index (χ0v) is 20.4. The number of rotatable bonds is 8. The highest BCUT2D eigenvalue weighted by molar-refractivity contribution is 6.30. The Hall–Kier alpha value is -3.42. The van der Waals surface area contributed by atoms with Crippen LogP contribution in [0.15, 0.2) is 90.6 Å². The molecule has 8 heteroatoms. The first-order valence-electron chi connectivity index (χ1n) is 11.5. The van der Waals surface area contributed by atoms with Crippen LogP contribution in [-0.2, 0) is 0 Å². The molecule has 182 valence electrons. The molecule has 0 radical (unpaired) electrons. The molecule has 1 aliphatic rings. The van der Waals surface area contributed by atoms with Crippen molar-refractivity contribution in [3.63, 3.8) is 0 Å². The minimum absolute atomic E-state index is 0.163. The van der Waals surface area contributed by atoms with Gasteiger partial charge in [0.25, 0.3) is 0 Å². The molecule has 3 heterocycles. The maximum atomic E-state index is 13.6. The van der Waals surface area contributed by atoms with Crippen molar-refractivity contribution in [1.82, 2.24) is 19.6 Å². The number of aliphatic hydroxyl groups excluding tert-OH is 1. The summed E-state index contributed by atoms with van der Waals surface area (Å²) in [7, 11) is 0. The molecule has 1 fully saturated rings. The van der Waals surface area contributed by atoms with E-state index in [2.05, 4.69) is 33.4 Å². The van der Waals surface area contributed by atoms with Gasteiger partial charge in [0, 0.05) is 47.9 Å². The van der Waals surface area contributed by atoms with Crippen molar-refractivity contribution in [2.45, 2.75) is 31.9 Å². The average molecular weight is 494 g/mol. The molecule has 6 nitrogen and oxygen atoms in total. The first kappa shape index (κ1) is 24.7. The lowest BCUT2D eigenvalue weighted by molar-refractivity contribution is 0.144. The van der Waals surface area contributed by atoms with Crippen LogP contribution in [0.1, 0.15) is 37.1 Å². The molecule has 2 atom stereocenters. The minimum Gasteiger partial charge on any atom is -0.382 e. The fraction of sp³-hybridized carbons (Fsp3) is 0.259. The number of imidazole rings is 1. The maximum Gasteiger partial charge on any atom is 0.139 e. The van der Waals surface area contributed by atoms with E-state index in [1.807, 2.05) is 25.1 Å². The lowest BCUT2D eigenvalue weighted by Gasteiger charge is -2.37. The topological polar surface area (TPSA) is 65.2 Å². The van der Waals surface area contributed by atoms with Crippen molar-refractivity contribution in [2.75, 3.05) is 13.1 Å². The van der Waals surface area contributed by atoms with Crippen LogP contribution in [0.2, 0.25) is 5.02 Å². The van der Waals surface area contributed by atoms with Gasteiger partial charge in [-0.2, -0.15) is 0 Å². The van der Waals surface area contributed by atoms with Crippen molar-refractivity contribution in [2.24, 2.45) is 4.99 Å². The Morgan fingerprint density at radius 2 is 2.17 bits per heavy atom. The van der Waals surface area contributed by atoms with Crippen LogP contribution in [0, 0.1) is 5.82 Å². The lowest BCUT2D eigenvalue weighted by Crippen LogP contribution is -2.45. The summed E-state index contributed by atoms with van der Waals surface area (Å²) in [6, 6.07) is 10.4. The fourth-order valence-electron chi connectivity index (χ4n) is 4.24. The van der Waals surface area contributed by atoms with Crippen molar-refractivity contribution in [3.05, 3.63) is 108 Å². The second kappa shape index (κ2) is 10.9. The molecule has 0 aliphatic carbocycles. The van der Waals surface area contributed by atoms with Gasteiger partial charge in [0.2, 0.25) is 0 Å². The van der Waals surface area contributed by atoms with Crippen molar-refractivity contribution in [1.29, 1.82) is 0 Å². The summed E-state index contributed by atoms with van der Waals surface area (Å²) >= 11 is 6.07. The standard InChI is InChI=1S/C27H29ClFN5O/c1-18(11-12-30-19(2)25-15-31-26-10-9-23(29)16-34(25)26)32-24-8-5-13-33(17-24)20(3)27(35)21-6-4-7-22(28)14-21/h4,6-7,9-12,14-16,24,27,32,35H,1,3,5,8,13,17H2,2H3/b12-11-,30-19?. The van der Waals surface area contributed by atoms with Gasteiger partial charge < -0.3 is 15.3 Å². The predicted molar refractivity (Wildman–Crippen MR) is 139 cm³/mol. The van der Waals surface area contributed by atoms with E-state index in [4.69, 9.17) is 11.6 Å². The number of hydrogen-bond acceptors (Lipinski definition) is 5. The van der Waals surface area contributed by atoms with E-state index in [-0.39, 0.29) is 11.9 Å². The van der Waals surface area contributed by atoms with Gasteiger partial charge in [0.15, 0.2) is 0 Å². The number of nitrogens with zero attached hydrogens (tertiary/aromatic N) is 4. The third-order valence-corrected chi connectivity index (χ3v) is 6.32. The number of allylic oxidation sites excluding steroid dienone is 1. The van der Waals surface area contributed by atoms with Crippen LogP contribution >= 0.6 is 11.6 Å². The largest absolute Gasteiger partial charge is 0.382 e. The van der Waals surface area contributed by atoms with Gasteiger partial charge in [-0.3, -0.25) is 9.39 Å². The van der Waals surface area contributed by atoms with Gasteiger partial charge >= 0.3 is 0 Å². The Kier molecular flexibility index (Phi) is 7.68. The van der Waals surface area contributed by atoms with Gasteiger partial charge in [-0.1, -0.05) is 36.9 Å². The predicted octanol–water partition coefficient (Wildman–Crippen LogP) is 5.26. The number of aromatic nitrogens is 2. The lowest BCUT2D eigenvalue weighted by atomic mass is 10.0. The van der Waals surface area contributed by atoms with Crippen LogP contribution < -0.4 is 5.32 Å². The zero-order chi connectivity index (χ0) is 24.9. The Morgan fingerprint density at radius 1 is 1.34 bits per heavy atom. The number of likely N-dealkylation sites (tertiary alicyclic amines) is 1. The second-order valence-corrected chi connectivity index (χ2v) is 9.09. The van der Waals surface area contributed by atoms with E-state index < -0.39 is 6.10 Å². The first-order valence-corrected chi connectivity index (χ1v) is 11.9. The fourth-order valence-corrected chi connectivity index (χ4v) is 4.43. The van der Waals surface area contributed by atoms with Crippen LogP contribution in [-0.4, -0.2) is 44.2 Å². The molecule has 35 heavy (non-hydrogen) atoms. The van der Waals surface area contributed by atoms with Gasteiger partial charge in [0.05, 0.1) is 17.6 Å². The molecule has 0 amide bonds. The van der Waals surface area contributed by atoms with Gasteiger partial charge in [0.1, 0.15) is 17.6 Å². The molecule has 1 saturated heterocycles. The number of hydrogen-bond donors (Lipinski definition) is 2. The summed E-state index contributed by atoms with van der Waals surface area (Å²) in [5.41, 5.74) is 4.22. The highest BCUT2D eigenvalue weighted by atomic mass is 35.5. The SMILES string of the molecule is C=C(/C=C\N=C(C)c1cnc2ccc(F)cn12)NC1CCCN(C(=C)C(O)c2cccc(Cl)c2)C1. The Labute approximate surface area is 209 Å². The number of pyridine rings is 1. The molecule has 2 unspecified atom stereocenters. The molecular formula is C27H29ClFN5O. The summed E-state index contributed by atoms with van der Waals surface area (Å²) < 4.78 is 15.3. The summed E-state index contributed by atoms with van der Waals surface area (Å²) in [5, 5.41) is 14.8. The van der Waals surface area contributed by atoms with Crippen LogP contribution in [0.5, 0.6) is 0 Å². The first-order chi connectivity index (χ1) is 16.8. The number of nitrogens with one attached hydrogen (secondary N) is 1. The molecule has 1 aliphatic heterocycles. The highest BCUT2D eigenvalue weighted by Gasteiger charge is 2.24. The third-order valence-electron chi connectivity index (χ3n) is 6.08. The maximum absolute atomic E-state index is 13.6. The van der Waals surface area contributed by atoms with Crippen LogP contribution in [0.3, 0.4) is 0 Å². The van der Waals surface area contributed by atoms with Crippen molar-refractivity contribution >= 4 is 23.0 Å². The number of piperidine rings is 1. The number of aliphatic imine (C=N–C) groups is 1. The summed E-state index contributed by atoms with van der Waals surface area (Å²) in [5.74, 6) is -0.332. The monoisotopic (exact) mass is 493 g/mol. The van der Waals surface area contributed by atoms with E-state index in [0.717, 1.165) is 36.3 Å². The van der Waals surface area contributed by atoms with Gasteiger partial charge in [-0.05, 0) is 55.7 Å². The molecule has 0 spiro atoms. The number of benzene rings is 1. The molecule has 0 saturated carbocycles. The zero-order valence-electron chi connectivity index (χ0n) is 19.7. The third kappa shape index (κ3) is 5.99. The Morgan fingerprint density at radius 3 is 2.97 bits per heavy atom. The number of halogens is 2. The number of aliphatic hydroxyl groups is 1. The van der Waals surface area contributed by atoms with Crippen LogP contribution in [0.4, 0.5) is 4.39 Å². The quantitative estimate of drug-likeness (QED) is 0.331. The second-order valence-electron chi connectivity index (χ2n) is 8.65. The summed E-state index contributed by atoms with van der Waals surface area (Å²) in [6.07, 6.45) is 7.70. The molecule has 4 rings (SSSR count). The molecule has 2 aromatic heterocycles. The minimum atomic E-state index is -0.805. The molecular weight excluding hydrogens is 465 g/mol. The molecule has 1 aromatic carbocycles. The van der Waals surface area contributed by atoms with E-state index in [0.29, 0.717) is 28.6 Å². The molecule has 0 bridgehead atoms. The average Bonchev–Trinajstić information content (AvgIpc) is 3.26. The van der Waals surface area contributed by atoms with E-state index in [1.165, 1.54) is 12.3 Å². The summed E-state index contributed by atoms with van der Waals surface area (Å²) in [4.78, 5) is 10.9. The Bertz CT molecular complexity index is 1300.